The van der Waals surface area contributed by atoms with Crippen molar-refractivity contribution in [3.63, 3.8) is 0 Å². The fraction of sp³-hybridized carbons (Fsp3) is 0.615. The largest absolute Gasteiger partial charge is 0.298 e. The number of carbonyl (C=O) groups excluding carboxylic acids is 1. The first-order valence-corrected chi connectivity index (χ1v) is 7.32. The predicted molar refractivity (Wildman–Crippen MR) is 75.0 cm³/mol. The number of thiazole rings is 1. The molecular weight excluding hydrogens is 260 g/mol. The van der Waals surface area contributed by atoms with Gasteiger partial charge in [-0.25, -0.2) is 4.98 Å². The number of nitriles is 1. The van der Waals surface area contributed by atoms with Gasteiger partial charge in [-0.3, -0.25) is 14.6 Å². The number of likely N-dealkylation sites (N-methyl/N-ethyl adjacent to an activating group) is 1. The van der Waals surface area contributed by atoms with Crippen LogP contribution < -0.4 is 4.90 Å². The molecular formula is C13H18N4OS. The Morgan fingerprint density at radius 2 is 2.42 bits per heavy atom. The van der Waals surface area contributed by atoms with Crippen molar-refractivity contribution < 1.29 is 4.79 Å². The van der Waals surface area contributed by atoms with Crippen LogP contribution in [0.5, 0.6) is 0 Å². The molecule has 0 aromatic carbocycles. The first-order valence-electron chi connectivity index (χ1n) is 6.44. The lowest BCUT2D eigenvalue weighted by atomic mass is 10.2. The molecule has 0 N–H and O–H groups in total. The third-order valence-electron chi connectivity index (χ3n) is 3.39. The number of aromatic nitrogens is 1. The maximum atomic E-state index is 12.4. The second-order valence-corrected chi connectivity index (χ2v) is 5.89. The molecule has 2 heterocycles. The fourth-order valence-corrected chi connectivity index (χ4v) is 3.11. The second kappa shape index (κ2) is 5.57. The van der Waals surface area contributed by atoms with E-state index in [-0.39, 0.29) is 11.9 Å². The Labute approximate surface area is 117 Å². The van der Waals surface area contributed by atoms with Gasteiger partial charge in [0, 0.05) is 19.0 Å². The van der Waals surface area contributed by atoms with Gasteiger partial charge in [-0.15, -0.1) is 11.3 Å². The maximum Gasteiger partial charge on any atom is 0.251 e. The van der Waals surface area contributed by atoms with Gasteiger partial charge in [0.1, 0.15) is 6.04 Å². The van der Waals surface area contributed by atoms with Gasteiger partial charge in [-0.2, -0.15) is 5.26 Å². The summed E-state index contributed by atoms with van der Waals surface area (Å²) < 4.78 is 0. The van der Waals surface area contributed by atoms with Crippen LogP contribution in [0, 0.1) is 11.5 Å². The van der Waals surface area contributed by atoms with Gasteiger partial charge in [0.25, 0.3) is 5.91 Å². The molecule has 0 radical (unpaired) electrons. The van der Waals surface area contributed by atoms with E-state index in [2.05, 4.69) is 25.0 Å². The lowest BCUT2D eigenvalue weighted by Crippen LogP contribution is -2.42. The van der Waals surface area contributed by atoms with Crippen molar-refractivity contribution in [3.05, 3.63) is 11.1 Å². The standard InChI is InChI=1S/C13H18N4OS/c1-9(2)10-7-19-13(15-10)16(3)12(18)11-5-4-6-17(11)8-14/h7,9,11H,4-6H2,1-3H3. The number of likely N-dealkylation sites (tertiary alicyclic amines) is 1. The van der Waals surface area contributed by atoms with Crippen molar-refractivity contribution in [2.45, 2.75) is 38.6 Å². The quantitative estimate of drug-likeness (QED) is 0.795. The van der Waals surface area contributed by atoms with Gasteiger partial charge >= 0.3 is 0 Å². The minimum atomic E-state index is -0.318. The smallest absolute Gasteiger partial charge is 0.251 e. The minimum absolute atomic E-state index is 0.0382. The summed E-state index contributed by atoms with van der Waals surface area (Å²) in [4.78, 5) is 20.0. The van der Waals surface area contributed by atoms with Crippen molar-refractivity contribution in [1.29, 1.82) is 5.26 Å². The zero-order valence-corrected chi connectivity index (χ0v) is 12.3. The minimum Gasteiger partial charge on any atom is -0.298 e. The summed E-state index contributed by atoms with van der Waals surface area (Å²) in [6.07, 6.45) is 3.74. The molecule has 1 aromatic rings. The van der Waals surface area contributed by atoms with Crippen LogP contribution in [-0.4, -0.2) is 35.4 Å². The summed E-state index contributed by atoms with van der Waals surface area (Å²) in [5.74, 6) is 0.319. The Balaban J connectivity index is 2.12. The van der Waals surface area contributed by atoms with Gasteiger partial charge < -0.3 is 0 Å². The Morgan fingerprint density at radius 1 is 1.68 bits per heavy atom. The molecule has 1 saturated heterocycles. The van der Waals surface area contributed by atoms with Gasteiger partial charge in [-0.1, -0.05) is 13.8 Å². The molecule has 1 aromatic heterocycles. The predicted octanol–water partition coefficient (Wildman–Crippen LogP) is 2.17. The van der Waals surface area contributed by atoms with Crippen molar-refractivity contribution in [2.24, 2.45) is 0 Å². The number of nitrogens with zero attached hydrogens (tertiary/aromatic N) is 4. The summed E-state index contributed by atoms with van der Waals surface area (Å²) >= 11 is 1.47. The van der Waals surface area contributed by atoms with Gasteiger partial charge in [0.05, 0.1) is 5.69 Å². The number of rotatable bonds is 3. The summed E-state index contributed by atoms with van der Waals surface area (Å²) in [6, 6.07) is -0.318. The number of carbonyl (C=O) groups is 1. The van der Waals surface area contributed by atoms with Gasteiger partial charge in [0.15, 0.2) is 11.3 Å². The molecule has 0 saturated carbocycles. The SMILES string of the molecule is CC(C)c1csc(N(C)C(=O)C2CCCN2C#N)n1. The Kier molecular flexibility index (Phi) is 4.05. The van der Waals surface area contributed by atoms with Crippen LogP contribution in [-0.2, 0) is 4.79 Å². The highest BCUT2D eigenvalue weighted by atomic mass is 32.1. The highest BCUT2D eigenvalue weighted by molar-refractivity contribution is 7.14. The molecule has 19 heavy (non-hydrogen) atoms. The van der Waals surface area contributed by atoms with E-state index >= 15 is 0 Å². The van der Waals surface area contributed by atoms with Crippen LogP contribution in [0.4, 0.5) is 5.13 Å². The van der Waals surface area contributed by atoms with E-state index in [1.165, 1.54) is 11.3 Å². The molecule has 0 aliphatic carbocycles. The van der Waals surface area contributed by atoms with Crippen LogP contribution in [0.25, 0.3) is 0 Å². The average Bonchev–Trinajstić information content (AvgIpc) is 3.05. The highest BCUT2D eigenvalue weighted by Crippen LogP contribution is 2.26. The van der Waals surface area contributed by atoms with Crippen molar-refractivity contribution >= 4 is 22.4 Å². The molecule has 6 heteroatoms. The van der Waals surface area contributed by atoms with Crippen molar-refractivity contribution in [2.75, 3.05) is 18.5 Å². The number of anilines is 1. The Bertz CT molecular complexity index is 505. The normalized spacial score (nSPS) is 18.7. The van der Waals surface area contributed by atoms with Crippen LogP contribution >= 0.6 is 11.3 Å². The van der Waals surface area contributed by atoms with E-state index in [9.17, 15) is 4.79 Å². The molecule has 1 atom stereocenters. The van der Waals surface area contributed by atoms with Gasteiger partial charge in [-0.05, 0) is 18.8 Å². The third kappa shape index (κ3) is 2.71. The third-order valence-corrected chi connectivity index (χ3v) is 4.32. The molecule has 5 nitrogen and oxygen atoms in total. The lowest BCUT2D eigenvalue weighted by Gasteiger charge is -2.22. The monoisotopic (exact) mass is 278 g/mol. The van der Waals surface area contributed by atoms with Crippen molar-refractivity contribution in [1.82, 2.24) is 9.88 Å². The van der Waals surface area contributed by atoms with Crippen LogP contribution in [0.2, 0.25) is 0 Å². The molecule has 1 fully saturated rings. The van der Waals surface area contributed by atoms with Crippen molar-refractivity contribution in [3.8, 4) is 6.19 Å². The fourth-order valence-electron chi connectivity index (χ4n) is 2.16. The van der Waals surface area contributed by atoms with Crippen LogP contribution in [0.15, 0.2) is 5.38 Å². The molecule has 0 spiro atoms. The zero-order chi connectivity index (χ0) is 14.0. The highest BCUT2D eigenvalue weighted by Gasteiger charge is 2.33. The van der Waals surface area contributed by atoms with E-state index in [4.69, 9.17) is 5.26 Å². The zero-order valence-electron chi connectivity index (χ0n) is 11.5. The van der Waals surface area contributed by atoms with Crippen LogP contribution in [0.3, 0.4) is 0 Å². The summed E-state index contributed by atoms with van der Waals surface area (Å²) in [5, 5.41) is 11.7. The molecule has 1 amide bonds. The first-order chi connectivity index (χ1) is 9.04. The average molecular weight is 278 g/mol. The number of hydrogen-bond donors (Lipinski definition) is 0. The summed E-state index contributed by atoms with van der Waals surface area (Å²) in [6.45, 7) is 4.83. The molecule has 1 aliphatic rings. The Hall–Kier alpha value is -1.61. The van der Waals surface area contributed by atoms with E-state index < -0.39 is 0 Å². The summed E-state index contributed by atoms with van der Waals surface area (Å²) in [5.41, 5.74) is 1.00. The molecule has 0 bridgehead atoms. The molecule has 2 rings (SSSR count). The Morgan fingerprint density at radius 3 is 3.00 bits per heavy atom. The van der Waals surface area contributed by atoms with E-state index in [1.54, 1.807) is 16.8 Å². The number of amides is 1. The van der Waals surface area contributed by atoms with E-state index in [0.717, 1.165) is 18.5 Å². The molecule has 1 unspecified atom stereocenters. The van der Waals surface area contributed by atoms with Gasteiger partial charge in [0.2, 0.25) is 0 Å². The lowest BCUT2D eigenvalue weighted by molar-refractivity contribution is -0.121. The van der Waals surface area contributed by atoms with E-state index in [0.29, 0.717) is 17.6 Å². The summed E-state index contributed by atoms with van der Waals surface area (Å²) in [7, 11) is 1.74. The van der Waals surface area contributed by atoms with Crippen LogP contribution in [0.1, 0.15) is 38.3 Å². The second-order valence-electron chi connectivity index (χ2n) is 5.06. The van der Waals surface area contributed by atoms with E-state index in [1.807, 2.05) is 5.38 Å². The maximum absolute atomic E-state index is 12.4. The topological polar surface area (TPSA) is 60.2 Å². The number of hydrogen-bond acceptors (Lipinski definition) is 5. The first kappa shape index (κ1) is 13.8. The molecule has 1 aliphatic heterocycles. The molecule has 102 valence electrons.